The van der Waals surface area contributed by atoms with Gasteiger partial charge < -0.3 is 4.90 Å². The molecule has 0 saturated heterocycles. The maximum absolute atomic E-state index is 12.8. The quantitative estimate of drug-likeness (QED) is 0.735. The van der Waals surface area contributed by atoms with E-state index in [1.165, 1.54) is 11.3 Å². The van der Waals surface area contributed by atoms with Crippen molar-refractivity contribution in [3.8, 4) is 0 Å². The van der Waals surface area contributed by atoms with Crippen molar-refractivity contribution in [2.24, 2.45) is 0 Å². The number of hydrogen-bond donors (Lipinski definition) is 1. The standard InChI is InChI=1S/C19H14ClN3O2S/c20-14-6-3-5-13(10-14)17(24)22-19-21-15(11-26-19)18(25)23-9-8-12-4-1-2-7-16(12)23/h1-7,10-11H,8-9H2,(H,21,22,24). The van der Waals surface area contributed by atoms with E-state index in [1.54, 1.807) is 34.5 Å². The van der Waals surface area contributed by atoms with E-state index in [1.807, 2.05) is 24.3 Å². The Labute approximate surface area is 159 Å². The van der Waals surface area contributed by atoms with Crippen LogP contribution in [0.25, 0.3) is 0 Å². The minimum Gasteiger partial charge on any atom is -0.306 e. The molecule has 2 aromatic carbocycles. The lowest BCUT2D eigenvalue weighted by molar-refractivity contribution is 0.0982. The highest BCUT2D eigenvalue weighted by Gasteiger charge is 2.26. The predicted molar refractivity (Wildman–Crippen MR) is 103 cm³/mol. The van der Waals surface area contributed by atoms with E-state index in [9.17, 15) is 9.59 Å². The molecular formula is C19H14ClN3O2S. The number of amides is 2. The summed E-state index contributed by atoms with van der Waals surface area (Å²) in [6.45, 7) is 0.639. The first-order valence-corrected chi connectivity index (χ1v) is 9.30. The molecule has 0 saturated carbocycles. The second kappa shape index (κ2) is 6.90. The molecule has 4 rings (SSSR count). The smallest absolute Gasteiger partial charge is 0.277 e. The van der Waals surface area contributed by atoms with Gasteiger partial charge in [0, 0.05) is 28.2 Å². The van der Waals surface area contributed by atoms with Crippen molar-refractivity contribution in [1.29, 1.82) is 0 Å². The average molecular weight is 384 g/mol. The van der Waals surface area contributed by atoms with Crippen LogP contribution in [0.2, 0.25) is 5.02 Å². The molecular weight excluding hydrogens is 370 g/mol. The van der Waals surface area contributed by atoms with Gasteiger partial charge in [0.2, 0.25) is 0 Å². The zero-order chi connectivity index (χ0) is 18.1. The lowest BCUT2D eigenvalue weighted by Gasteiger charge is -2.15. The zero-order valence-electron chi connectivity index (χ0n) is 13.6. The van der Waals surface area contributed by atoms with Gasteiger partial charge in [0.05, 0.1) is 0 Å². The van der Waals surface area contributed by atoms with Gasteiger partial charge in [-0.15, -0.1) is 11.3 Å². The lowest BCUT2D eigenvalue weighted by Crippen LogP contribution is -2.29. The van der Waals surface area contributed by atoms with E-state index in [2.05, 4.69) is 10.3 Å². The van der Waals surface area contributed by atoms with Crippen molar-refractivity contribution >= 4 is 45.6 Å². The van der Waals surface area contributed by atoms with Crippen molar-refractivity contribution in [1.82, 2.24) is 4.98 Å². The largest absolute Gasteiger partial charge is 0.306 e. The summed E-state index contributed by atoms with van der Waals surface area (Å²) in [4.78, 5) is 31.0. The van der Waals surface area contributed by atoms with E-state index in [-0.39, 0.29) is 11.8 Å². The minimum atomic E-state index is -0.313. The van der Waals surface area contributed by atoms with Crippen LogP contribution in [-0.4, -0.2) is 23.3 Å². The highest BCUT2D eigenvalue weighted by molar-refractivity contribution is 7.14. The number of benzene rings is 2. The Hall–Kier alpha value is -2.70. The third kappa shape index (κ3) is 3.21. The van der Waals surface area contributed by atoms with Crippen LogP contribution in [0, 0.1) is 0 Å². The van der Waals surface area contributed by atoms with Crippen molar-refractivity contribution in [3.05, 3.63) is 75.8 Å². The maximum Gasteiger partial charge on any atom is 0.277 e. The molecule has 26 heavy (non-hydrogen) atoms. The predicted octanol–water partition coefficient (Wildman–Crippen LogP) is 4.25. The Morgan fingerprint density at radius 2 is 2.00 bits per heavy atom. The molecule has 1 aliphatic heterocycles. The average Bonchev–Trinajstić information content (AvgIpc) is 3.28. The number of hydrogen-bond acceptors (Lipinski definition) is 4. The molecule has 0 radical (unpaired) electrons. The van der Waals surface area contributed by atoms with E-state index in [4.69, 9.17) is 11.6 Å². The van der Waals surface area contributed by atoms with Crippen molar-refractivity contribution < 1.29 is 9.59 Å². The van der Waals surface area contributed by atoms with Crippen molar-refractivity contribution in [3.63, 3.8) is 0 Å². The number of carbonyl (C=O) groups is 2. The molecule has 0 spiro atoms. The number of nitrogens with one attached hydrogen (secondary N) is 1. The fourth-order valence-electron chi connectivity index (χ4n) is 2.92. The SMILES string of the molecule is O=C(Nc1nc(C(=O)N2CCc3ccccc32)cs1)c1cccc(Cl)c1. The number of carbonyl (C=O) groups excluding carboxylic acids is 2. The highest BCUT2D eigenvalue weighted by atomic mass is 35.5. The van der Waals surface area contributed by atoms with Gasteiger partial charge in [0.25, 0.3) is 11.8 Å². The summed E-state index contributed by atoms with van der Waals surface area (Å²) in [5.41, 5.74) is 2.85. The number of thiazole rings is 1. The van der Waals surface area contributed by atoms with E-state index in [0.717, 1.165) is 17.7 Å². The van der Waals surface area contributed by atoms with Gasteiger partial charge in [-0.2, -0.15) is 0 Å². The Morgan fingerprint density at radius 3 is 2.85 bits per heavy atom. The summed E-state index contributed by atoms with van der Waals surface area (Å²) in [6, 6.07) is 14.5. The van der Waals surface area contributed by atoms with Crippen LogP contribution in [0.15, 0.2) is 53.9 Å². The van der Waals surface area contributed by atoms with Crippen LogP contribution in [0.1, 0.15) is 26.4 Å². The first-order chi connectivity index (χ1) is 12.6. The number of rotatable bonds is 3. The van der Waals surface area contributed by atoms with Gasteiger partial charge in [-0.05, 0) is 36.2 Å². The van der Waals surface area contributed by atoms with Crippen LogP contribution < -0.4 is 10.2 Å². The van der Waals surface area contributed by atoms with Crippen LogP contribution in [0.5, 0.6) is 0 Å². The summed E-state index contributed by atoms with van der Waals surface area (Å²) < 4.78 is 0. The van der Waals surface area contributed by atoms with E-state index < -0.39 is 0 Å². The van der Waals surface area contributed by atoms with Gasteiger partial charge >= 0.3 is 0 Å². The summed E-state index contributed by atoms with van der Waals surface area (Å²) in [7, 11) is 0. The van der Waals surface area contributed by atoms with E-state index in [0.29, 0.717) is 28.0 Å². The van der Waals surface area contributed by atoms with Gasteiger partial charge in [-0.25, -0.2) is 4.98 Å². The first-order valence-electron chi connectivity index (χ1n) is 8.04. The summed E-state index contributed by atoms with van der Waals surface area (Å²) >= 11 is 7.13. The van der Waals surface area contributed by atoms with Crippen LogP contribution in [-0.2, 0) is 6.42 Å². The number of fused-ring (bicyclic) bond motifs is 1. The maximum atomic E-state index is 12.8. The molecule has 2 amide bonds. The molecule has 3 aromatic rings. The second-order valence-corrected chi connectivity index (χ2v) is 7.13. The number of aromatic nitrogens is 1. The first kappa shape index (κ1) is 16.8. The molecule has 0 unspecified atom stereocenters. The van der Waals surface area contributed by atoms with Crippen LogP contribution >= 0.6 is 22.9 Å². The van der Waals surface area contributed by atoms with Gasteiger partial charge in [0.1, 0.15) is 5.69 Å². The fraction of sp³-hybridized carbons (Fsp3) is 0.105. The van der Waals surface area contributed by atoms with Crippen molar-refractivity contribution in [2.75, 3.05) is 16.8 Å². The number of anilines is 2. The van der Waals surface area contributed by atoms with Gasteiger partial charge in [-0.3, -0.25) is 14.9 Å². The molecule has 1 aromatic heterocycles. The van der Waals surface area contributed by atoms with E-state index >= 15 is 0 Å². The minimum absolute atomic E-state index is 0.158. The fourth-order valence-corrected chi connectivity index (χ4v) is 3.79. The topological polar surface area (TPSA) is 62.3 Å². The summed E-state index contributed by atoms with van der Waals surface area (Å²) in [5.74, 6) is -0.471. The monoisotopic (exact) mass is 383 g/mol. The highest BCUT2D eigenvalue weighted by Crippen LogP contribution is 2.29. The molecule has 0 fully saturated rings. The number of para-hydroxylation sites is 1. The van der Waals surface area contributed by atoms with Crippen molar-refractivity contribution in [2.45, 2.75) is 6.42 Å². The molecule has 0 bridgehead atoms. The molecule has 0 aliphatic carbocycles. The molecule has 2 heterocycles. The van der Waals surface area contributed by atoms with Crippen LogP contribution in [0.3, 0.4) is 0 Å². The number of halogens is 1. The third-order valence-corrected chi connectivity index (χ3v) is 5.16. The third-order valence-electron chi connectivity index (χ3n) is 4.16. The van der Waals surface area contributed by atoms with Crippen LogP contribution in [0.4, 0.5) is 10.8 Å². The lowest BCUT2D eigenvalue weighted by atomic mass is 10.2. The molecule has 0 atom stereocenters. The Balaban J connectivity index is 1.50. The normalized spacial score (nSPS) is 12.7. The number of nitrogens with zero attached hydrogens (tertiary/aromatic N) is 2. The Kier molecular flexibility index (Phi) is 4.44. The van der Waals surface area contributed by atoms with Gasteiger partial charge in [-0.1, -0.05) is 35.9 Å². The summed E-state index contributed by atoms with van der Waals surface area (Å²) in [6.07, 6.45) is 0.838. The molecule has 7 heteroatoms. The molecule has 1 aliphatic rings. The Bertz CT molecular complexity index is 1000. The molecule has 5 nitrogen and oxygen atoms in total. The summed E-state index contributed by atoms with van der Waals surface area (Å²) in [5, 5.41) is 5.24. The molecule has 130 valence electrons. The second-order valence-electron chi connectivity index (χ2n) is 5.84. The zero-order valence-corrected chi connectivity index (χ0v) is 15.2. The Morgan fingerprint density at radius 1 is 1.15 bits per heavy atom. The van der Waals surface area contributed by atoms with Gasteiger partial charge in [0.15, 0.2) is 5.13 Å². The molecule has 1 N–H and O–H groups in total.